The van der Waals surface area contributed by atoms with E-state index in [9.17, 15) is 14.4 Å². The van der Waals surface area contributed by atoms with Gasteiger partial charge in [-0.3, -0.25) is 19.7 Å². The molecule has 0 spiro atoms. The first kappa shape index (κ1) is 28.6. The van der Waals surface area contributed by atoms with Crippen molar-refractivity contribution in [3.8, 4) is 0 Å². The number of carbonyl (C=O) groups is 3. The van der Waals surface area contributed by atoms with E-state index in [-0.39, 0.29) is 18.2 Å². The summed E-state index contributed by atoms with van der Waals surface area (Å²) in [6.07, 6.45) is 14.7. The molecule has 0 radical (unpaired) electrons. The molecule has 3 N–H and O–H groups in total. The summed E-state index contributed by atoms with van der Waals surface area (Å²) < 4.78 is 0. The fraction of sp³-hybridized carbons (Fsp3) is 0.875. The van der Waals surface area contributed by atoms with Crippen molar-refractivity contribution in [1.29, 1.82) is 0 Å². The van der Waals surface area contributed by atoms with Crippen molar-refractivity contribution in [3.63, 3.8) is 0 Å². The predicted molar refractivity (Wildman–Crippen MR) is 124 cm³/mol. The van der Waals surface area contributed by atoms with Gasteiger partial charge in [-0.05, 0) is 19.3 Å². The Labute approximate surface area is 184 Å². The van der Waals surface area contributed by atoms with E-state index in [0.29, 0.717) is 19.5 Å². The zero-order valence-corrected chi connectivity index (χ0v) is 19.8. The third kappa shape index (κ3) is 15.4. The number of hydrogen-bond donors (Lipinski definition) is 2. The molecular weight excluding hydrogens is 378 g/mol. The average molecular weight is 426 g/mol. The van der Waals surface area contributed by atoms with E-state index < -0.39 is 11.9 Å². The Kier molecular flexibility index (Phi) is 18.6. The second kappa shape index (κ2) is 19.5. The number of unbranched alkanes of at least 4 members (excludes halogenated alkanes) is 10. The third-order valence-electron chi connectivity index (χ3n) is 5.38. The molecule has 0 heterocycles. The first-order valence-electron chi connectivity index (χ1n) is 12.3. The summed E-state index contributed by atoms with van der Waals surface area (Å²) in [5, 5.41) is 2.39. The summed E-state index contributed by atoms with van der Waals surface area (Å²) >= 11 is 0. The highest BCUT2D eigenvalue weighted by molar-refractivity contribution is 5.97. The quantitative estimate of drug-likeness (QED) is 0.293. The van der Waals surface area contributed by atoms with Gasteiger partial charge in [0.15, 0.2) is 0 Å². The lowest BCUT2D eigenvalue weighted by Gasteiger charge is -2.25. The highest BCUT2D eigenvalue weighted by Crippen LogP contribution is 2.10. The lowest BCUT2D eigenvalue weighted by atomic mass is 10.1. The zero-order chi connectivity index (χ0) is 22.6. The number of hydrogen-bond acceptors (Lipinski definition) is 4. The first-order valence-corrected chi connectivity index (χ1v) is 12.3. The molecule has 0 aromatic heterocycles. The van der Waals surface area contributed by atoms with Crippen molar-refractivity contribution < 1.29 is 14.4 Å². The van der Waals surface area contributed by atoms with Crippen LogP contribution in [-0.4, -0.2) is 41.8 Å². The summed E-state index contributed by atoms with van der Waals surface area (Å²) in [5.74, 6) is -0.919. The van der Waals surface area contributed by atoms with Crippen molar-refractivity contribution in [2.45, 2.75) is 123 Å². The molecule has 0 fully saturated rings. The van der Waals surface area contributed by atoms with Gasteiger partial charge in [0, 0.05) is 19.5 Å². The highest BCUT2D eigenvalue weighted by Gasteiger charge is 2.23. The molecule has 0 aromatic rings. The van der Waals surface area contributed by atoms with Crippen molar-refractivity contribution in [3.05, 3.63) is 0 Å². The molecule has 0 rings (SSSR count). The topological polar surface area (TPSA) is 92.5 Å². The Morgan fingerprint density at radius 2 is 1.17 bits per heavy atom. The highest BCUT2D eigenvalue weighted by atomic mass is 16.2. The number of nitrogens with two attached hydrogens (primary N) is 1. The van der Waals surface area contributed by atoms with Crippen LogP contribution in [0, 0.1) is 0 Å². The zero-order valence-electron chi connectivity index (χ0n) is 19.8. The van der Waals surface area contributed by atoms with Crippen LogP contribution in [0.5, 0.6) is 0 Å². The third-order valence-corrected chi connectivity index (χ3v) is 5.38. The summed E-state index contributed by atoms with van der Waals surface area (Å²) in [6, 6.07) is -0.890. The molecule has 0 aromatic carbocycles. The van der Waals surface area contributed by atoms with Gasteiger partial charge in [0.1, 0.15) is 0 Å². The number of amides is 3. The maximum atomic E-state index is 12.6. The summed E-state index contributed by atoms with van der Waals surface area (Å²) in [4.78, 5) is 38.4. The minimum Gasteiger partial charge on any atom is -0.341 e. The van der Waals surface area contributed by atoms with E-state index in [2.05, 4.69) is 26.1 Å². The van der Waals surface area contributed by atoms with Crippen molar-refractivity contribution in [1.82, 2.24) is 10.2 Å². The van der Waals surface area contributed by atoms with E-state index in [1.54, 1.807) is 4.90 Å². The minimum atomic E-state index is -0.890. The Morgan fingerprint density at radius 3 is 1.67 bits per heavy atom. The molecule has 1 atom stereocenters. The second-order valence-electron chi connectivity index (χ2n) is 8.39. The van der Waals surface area contributed by atoms with Crippen LogP contribution in [0.3, 0.4) is 0 Å². The van der Waals surface area contributed by atoms with Gasteiger partial charge in [0.25, 0.3) is 0 Å². The lowest BCUT2D eigenvalue weighted by molar-refractivity contribution is -0.137. The first-order chi connectivity index (χ1) is 14.5. The maximum Gasteiger partial charge on any atom is 0.240 e. The van der Waals surface area contributed by atoms with Gasteiger partial charge >= 0.3 is 0 Å². The molecule has 0 aliphatic rings. The van der Waals surface area contributed by atoms with Crippen LogP contribution in [0.25, 0.3) is 0 Å². The van der Waals surface area contributed by atoms with Gasteiger partial charge in [0.05, 0.1) is 12.5 Å². The largest absolute Gasteiger partial charge is 0.341 e. The predicted octanol–water partition coefficient (Wildman–Crippen LogP) is 4.70. The average Bonchev–Trinajstić information content (AvgIpc) is 2.72. The Balaban J connectivity index is 4.04. The SMILES string of the molecule is CCCCCCCCCCCC(=O)NC(=O)C[C@H](N)C(=O)N(CCCC)CCCC. The van der Waals surface area contributed by atoms with Gasteiger partial charge in [-0.1, -0.05) is 85.0 Å². The van der Waals surface area contributed by atoms with Gasteiger partial charge < -0.3 is 10.6 Å². The molecule has 3 amide bonds. The van der Waals surface area contributed by atoms with E-state index >= 15 is 0 Å². The summed E-state index contributed by atoms with van der Waals surface area (Å²) in [6.45, 7) is 7.71. The van der Waals surface area contributed by atoms with Crippen molar-refractivity contribution >= 4 is 17.7 Å². The van der Waals surface area contributed by atoms with Gasteiger partial charge in [-0.25, -0.2) is 0 Å². The Bertz CT molecular complexity index is 461. The number of carbonyl (C=O) groups excluding carboxylic acids is 3. The molecule has 6 heteroatoms. The molecule has 0 aliphatic carbocycles. The van der Waals surface area contributed by atoms with Gasteiger partial charge in [-0.2, -0.15) is 0 Å². The molecule has 0 unspecified atom stereocenters. The van der Waals surface area contributed by atoms with Gasteiger partial charge in [0.2, 0.25) is 17.7 Å². The standard InChI is InChI=1S/C24H47N3O3/c1-4-7-10-11-12-13-14-15-16-17-22(28)26-23(29)20-21(25)24(30)27(18-8-5-2)19-9-6-3/h21H,4-20,25H2,1-3H3,(H,26,28,29)/t21-/m0/s1. The van der Waals surface area contributed by atoms with Crippen LogP contribution in [0.1, 0.15) is 117 Å². The van der Waals surface area contributed by atoms with Crippen LogP contribution in [0.2, 0.25) is 0 Å². The summed E-state index contributed by atoms with van der Waals surface area (Å²) in [5.41, 5.74) is 5.97. The van der Waals surface area contributed by atoms with E-state index in [1.165, 1.54) is 38.5 Å². The number of nitrogens with zero attached hydrogens (tertiary/aromatic N) is 1. The fourth-order valence-electron chi connectivity index (χ4n) is 3.42. The van der Waals surface area contributed by atoms with Crippen molar-refractivity contribution in [2.24, 2.45) is 5.73 Å². The number of imide groups is 1. The molecule has 0 bridgehead atoms. The molecular formula is C24H47N3O3. The van der Waals surface area contributed by atoms with Crippen LogP contribution in [-0.2, 0) is 14.4 Å². The number of nitrogens with one attached hydrogen (secondary N) is 1. The lowest BCUT2D eigenvalue weighted by Crippen LogP contribution is -2.47. The smallest absolute Gasteiger partial charge is 0.240 e. The fourth-order valence-corrected chi connectivity index (χ4v) is 3.42. The Hall–Kier alpha value is -1.43. The second-order valence-corrected chi connectivity index (χ2v) is 8.39. The molecule has 0 saturated heterocycles. The molecule has 0 aliphatic heterocycles. The van der Waals surface area contributed by atoms with Crippen molar-refractivity contribution in [2.75, 3.05) is 13.1 Å². The maximum absolute atomic E-state index is 12.6. The van der Waals surface area contributed by atoms with Crippen LogP contribution >= 0.6 is 0 Å². The van der Waals surface area contributed by atoms with Crippen LogP contribution in [0.4, 0.5) is 0 Å². The van der Waals surface area contributed by atoms with Gasteiger partial charge in [-0.15, -0.1) is 0 Å². The van der Waals surface area contributed by atoms with E-state index in [0.717, 1.165) is 44.9 Å². The molecule has 176 valence electrons. The van der Waals surface area contributed by atoms with E-state index in [1.807, 2.05) is 0 Å². The summed E-state index contributed by atoms with van der Waals surface area (Å²) in [7, 11) is 0. The van der Waals surface area contributed by atoms with E-state index in [4.69, 9.17) is 5.73 Å². The number of rotatable bonds is 19. The monoisotopic (exact) mass is 425 g/mol. The Morgan fingerprint density at radius 1 is 0.700 bits per heavy atom. The van der Waals surface area contributed by atoms with Crippen LogP contribution < -0.4 is 11.1 Å². The van der Waals surface area contributed by atoms with Crippen LogP contribution in [0.15, 0.2) is 0 Å². The molecule has 0 saturated carbocycles. The normalized spacial score (nSPS) is 11.9. The minimum absolute atomic E-state index is 0.142. The molecule has 30 heavy (non-hydrogen) atoms. The molecule has 6 nitrogen and oxygen atoms in total.